The van der Waals surface area contributed by atoms with Crippen molar-refractivity contribution in [2.45, 2.75) is 44.8 Å². The first-order valence-corrected chi connectivity index (χ1v) is 13.7. The third kappa shape index (κ3) is 4.06. The molecule has 29 heavy (non-hydrogen) atoms. The average Bonchev–Trinajstić information content (AvgIpc) is 3.07. The van der Waals surface area contributed by atoms with Gasteiger partial charge in [0.05, 0.1) is 12.4 Å². The summed E-state index contributed by atoms with van der Waals surface area (Å²) in [5, 5.41) is 0. The second kappa shape index (κ2) is 7.31. The Morgan fingerprint density at radius 2 is 1.93 bits per heavy atom. The van der Waals surface area contributed by atoms with Crippen LogP contribution in [0.25, 0.3) is 0 Å². The Morgan fingerprint density at radius 1 is 1.21 bits per heavy atom. The molecule has 2 fully saturated rings. The molecule has 2 aromatic rings. The molecule has 1 aromatic heterocycles. The highest BCUT2D eigenvalue weighted by molar-refractivity contribution is 6.83. The molecule has 1 saturated heterocycles. The molecule has 1 spiro atoms. The van der Waals surface area contributed by atoms with E-state index in [1.54, 1.807) is 0 Å². The summed E-state index contributed by atoms with van der Waals surface area (Å²) in [5.74, 6) is 3.50. The largest absolute Gasteiger partial charge is 0.336 e. The minimum atomic E-state index is -1.39. The van der Waals surface area contributed by atoms with Gasteiger partial charge in [-0.2, -0.15) is 0 Å². The standard InChI is InChI=1S/C23H27N3O2Si/c1-29(2,3)12-9-17-5-7-18(8-6-17)19-15-26(16-23(19)10-4-11-23)22(28)20-13-24-14-21(27)25-20/h5-8,13-14,19H,4,10-11,15-16H2,1-3H3,(H,25,27). The Balaban J connectivity index is 1.56. The number of nitrogens with zero attached hydrogens (tertiary/aromatic N) is 2. The minimum absolute atomic E-state index is 0.137. The number of aromatic nitrogens is 2. The van der Waals surface area contributed by atoms with Gasteiger partial charge in [0, 0.05) is 24.6 Å². The third-order valence-electron chi connectivity index (χ3n) is 6.06. The molecule has 2 aliphatic rings. The van der Waals surface area contributed by atoms with E-state index in [9.17, 15) is 9.59 Å². The Labute approximate surface area is 172 Å². The number of hydrogen-bond donors (Lipinski definition) is 1. The number of hydrogen-bond acceptors (Lipinski definition) is 3. The second-order valence-corrected chi connectivity index (χ2v) is 14.1. The number of nitrogens with one attached hydrogen (secondary N) is 1. The lowest BCUT2D eigenvalue weighted by molar-refractivity contribution is 0.0719. The van der Waals surface area contributed by atoms with Crippen molar-refractivity contribution in [1.29, 1.82) is 0 Å². The van der Waals surface area contributed by atoms with Crippen molar-refractivity contribution in [2.24, 2.45) is 5.41 Å². The maximum atomic E-state index is 12.9. The van der Waals surface area contributed by atoms with Crippen molar-refractivity contribution in [3.8, 4) is 11.5 Å². The first-order valence-electron chi connectivity index (χ1n) is 10.2. The van der Waals surface area contributed by atoms with Gasteiger partial charge >= 0.3 is 0 Å². The number of benzene rings is 1. The average molecular weight is 406 g/mol. The topological polar surface area (TPSA) is 66.1 Å². The molecule has 6 heteroatoms. The van der Waals surface area contributed by atoms with Crippen LogP contribution in [0.3, 0.4) is 0 Å². The number of carbonyl (C=O) groups excluding carboxylic acids is 1. The molecule has 1 aliphatic carbocycles. The van der Waals surface area contributed by atoms with Crippen LogP contribution in [-0.4, -0.2) is 41.9 Å². The number of rotatable bonds is 2. The summed E-state index contributed by atoms with van der Waals surface area (Å²) in [6.45, 7) is 8.15. The summed E-state index contributed by atoms with van der Waals surface area (Å²) >= 11 is 0. The van der Waals surface area contributed by atoms with E-state index in [-0.39, 0.29) is 22.6 Å². The van der Waals surface area contributed by atoms with Crippen LogP contribution in [0.4, 0.5) is 0 Å². The first-order chi connectivity index (χ1) is 13.8. The molecule has 5 nitrogen and oxygen atoms in total. The van der Waals surface area contributed by atoms with Crippen LogP contribution in [0.15, 0.2) is 41.5 Å². The predicted molar refractivity (Wildman–Crippen MR) is 116 cm³/mol. The molecule has 4 rings (SSSR count). The van der Waals surface area contributed by atoms with E-state index in [1.807, 2.05) is 4.90 Å². The van der Waals surface area contributed by atoms with Crippen molar-refractivity contribution in [3.05, 3.63) is 63.8 Å². The SMILES string of the molecule is C[Si](C)(C)C#Cc1ccc(C2CN(C(=O)c3cncc(=O)[nH]3)CC23CCC3)cc1. The van der Waals surface area contributed by atoms with Crippen LogP contribution in [0, 0.1) is 16.9 Å². The summed E-state index contributed by atoms with van der Waals surface area (Å²) < 4.78 is 0. The van der Waals surface area contributed by atoms with E-state index in [0.29, 0.717) is 12.5 Å². The number of likely N-dealkylation sites (tertiary alicyclic amines) is 1. The number of amides is 1. The van der Waals surface area contributed by atoms with Crippen LogP contribution < -0.4 is 5.56 Å². The van der Waals surface area contributed by atoms with E-state index in [4.69, 9.17) is 0 Å². The van der Waals surface area contributed by atoms with Gasteiger partial charge in [-0.25, -0.2) is 0 Å². The Bertz CT molecular complexity index is 1040. The third-order valence-corrected chi connectivity index (χ3v) is 6.94. The lowest BCUT2D eigenvalue weighted by atomic mass is 9.61. The molecule has 1 aromatic carbocycles. The van der Waals surface area contributed by atoms with Crippen LogP contribution in [0.5, 0.6) is 0 Å². The molecule has 1 unspecified atom stereocenters. The van der Waals surface area contributed by atoms with E-state index < -0.39 is 8.07 Å². The molecule has 1 aliphatic heterocycles. The highest BCUT2D eigenvalue weighted by Crippen LogP contribution is 2.55. The van der Waals surface area contributed by atoms with Gasteiger partial charge in [-0.15, -0.1) is 5.54 Å². The van der Waals surface area contributed by atoms with E-state index in [0.717, 1.165) is 24.9 Å². The van der Waals surface area contributed by atoms with Crippen molar-refractivity contribution >= 4 is 14.0 Å². The maximum Gasteiger partial charge on any atom is 0.272 e. The van der Waals surface area contributed by atoms with Crippen molar-refractivity contribution in [1.82, 2.24) is 14.9 Å². The quantitative estimate of drug-likeness (QED) is 0.615. The molecule has 1 saturated carbocycles. The van der Waals surface area contributed by atoms with Gasteiger partial charge in [-0.3, -0.25) is 14.6 Å². The van der Waals surface area contributed by atoms with Crippen LogP contribution >= 0.6 is 0 Å². The fourth-order valence-electron chi connectivity index (χ4n) is 4.43. The van der Waals surface area contributed by atoms with Crippen LogP contribution in [0.2, 0.25) is 19.6 Å². The molecule has 1 N–H and O–H groups in total. The molecular weight excluding hydrogens is 378 g/mol. The highest BCUT2D eigenvalue weighted by atomic mass is 28.3. The van der Waals surface area contributed by atoms with E-state index in [1.165, 1.54) is 24.4 Å². The molecule has 150 valence electrons. The van der Waals surface area contributed by atoms with Crippen LogP contribution in [0.1, 0.15) is 46.8 Å². The van der Waals surface area contributed by atoms with Crippen molar-refractivity contribution in [2.75, 3.05) is 13.1 Å². The van der Waals surface area contributed by atoms with E-state index in [2.05, 4.69) is 65.3 Å². The van der Waals surface area contributed by atoms with Crippen molar-refractivity contribution < 1.29 is 4.79 Å². The predicted octanol–water partition coefficient (Wildman–Crippen LogP) is 3.41. The lowest BCUT2D eigenvalue weighted by Crippen LogP contribution is -2.38. The second-order valence-electron chi connectivity index (χ2n) is 9.39. The van der Waals surface area contributed by atoms with Gasteiger partial charge < -0.3 is 9.88 Å². The van der Waals surface area contributed by atoms with Gasteiger partial charge in [-0.1, -0.05) is 44.1 Å². The summed E-state index contributed by atoms with van der Waals surface area (Å²) in [6.07, 6.45) is 6.12. The molecule has 0 radical (unpaired) electrons. The number of aromatic amines is 1. The maximum absolute atomic E-state index is 12.9. The van der Waals surface area contributed by atoms with Gasteiger partial charge in [0.2, 0.25) is 0 Å². The number of H-pyrrole nitrogens is 1. The molecule has 1 atom stereocenters. The van der Waals surface area contributed by atoms with Crippen molar-refractivity contribution in [3.63, 3.8) is 0 Å². The van der Waals surface area contributed by atoms with Gasteiger partial charge in [0.25, 0.3) is 11.5 Å². The zero-order valence-corrected chi connectivity index (χ0v) is 18.3. The Morgan fingerprint density at radius 3 is 2.52 bits per heavy atom. The summed E-state index contributed by atoms with van der Waals surface area (Å²) in [4.78, 5) is 32.8. The fourth-order valence-corrected chi connectivity index (χ4v) is 4.95. The molecule has 0 bridgehead atoms. The minimum Gasteiger partial charge on any atom is -0.336 e. The number of carbonyl (C=O) groups is 1. The molecule has 2 heterocycles. The lowest BCUT2D eigenvalue weighted by Gasteiger charge is -2.43. The molecule has 1 amide bonds. The Kier molecular flexibility index (Phi) is 4.95. The zero-order valence-electron chi connectivity index (χ0n) is 17.3. The van der Waals surface area contributed by atoms with Crippen LogP contribution in [-0.2, 0) is 0 Å². The summed E-state index contributed by atoms with van der Waals surface area (Å²) in [5.41, 5.74) is 5.82. The smallest absolute Gasteiger partial charge is 0.272 e. The highest BCUT2D eigenvalue weighted by Gasteiger charge is 2.52. The van der Waals surface area contributed by atoms with Gasteiger partial charge in [0.1, 0.15) is 13.8 Å². The van der Waals surface area contributed by atoms with Gasteiger partial charge in [-0.05, 0) is 36.0 Å². The van der Waals surface area contributed by atoms with E-state index >= 15 is 0 Å². The molecular formula is C23H27N3O2Si. The first kappa shape index (κ1) is 19.7. The normalized spacial score (nSPS) is 20.1. The summed E-state index contributed by atoms with van der Waals surface area (Å²) in [7, 11) is -1.39. The fraction of sp³-hybridized carbons (Fsp3) is 0.435. The monoisotopic (exact) mass is 405 g/mol. The van der Waals surface area contributed by atoms with Gasteiger partial charge in [0.15, 0.2) is 0 Å². The summed E-state index contributed by atoms with van der Waals surface area (Å²) in [6, 6.07) is 8.58. The zero-order chi connectivity index (χ0) is 20.6. The Hall–Kier alpha value is -2.65.